The summed E-state index contributed by atoms with van der Waals surface area (Å²) < 4.78 is 17.0. The zero-order valence-electron chi connectivity index (χ0n) is 27.9. The van der Waals surface area contributed by atoms with Crippen LogP contribution >= 0.6 is 11.9 Å². The maximum Gasteiger partial charge on any atom is 0.265 e. The van der Waals surface area contributed by atoms with Crippen molar-refractivity contribution in [3.63, 3.8) is 0 Å². The van der Waals surface area contributed by atoms with Gasteiger partial charge in [0.15, 0.2) is 16.6 Å². The van der Waals surface area contributed by atoms with Crippen LogP contribution in [0.2, 0.25) is 0 Å². The van der Waals surface area contributed by atoms with Gasteiger partial charge in [0.05, 0.1) is 12.2 Å². The number of benzene rings is 1. The quantitative estimate of drug-likeness (QED) is 0.185. The molecule has 1 saturated heterocycles. The number of nitrogens with zero attached hydrogens (tertiary/aromatic N) is 5. The lowest BCUT2D eigenvalue weighted by Crippen LogP contribution is -2.40. The van der Waals surface area contributed by atoms with Crippen molar-refractivity contribution in [3.8, 4) is 17.4 Å². The van der Waals surface area contributed by atoms with E-state index in [4.69, 9.17) is 19.4 Å². The lowest BCUT2D eigenvalue weighted by atomic mass is 9.93. The first kappa shape index (κ1) is 32.3. The van der Waals surface area contributed by atoms with Crippen LogP contribution in [0.15, 0.2) is 71.9 Å². The molecule has 0 spiro atoms. The first-order valence-electron chi connectivity index (χ1n) is 17.3. The second kappa shape index (κ2) is 14.5. The van der Waals surface area contributed by atoms with Gasteiger partial charge in [0.2, 0.25) is 5.88 Å². The molecule has 252 valence electrons. The molecule has 5 heterocycles. The minimum atomic E-state index is -0.242. The summed E-state index contributed by atoms with van der Waals surface area (Å²) in [4.78, 5) is 26.2. The van der Waals surface area contributed by atoms with Gasteiger partial charge in [0.25, 0.3) is 5.91 Å². The minimum Gasteiger partial charge on any atom is -0.486 e. The van der Waals surface area contributed by atoms with Crippen LogP contribution in [-0.4, -0.2) is 50.9 Å². The number of carbonyl (C=O) groups is 1. The average Bonchev–Trinajstić information content (AvgIpc) is 3.86. The summed E-state index contributed by atoms with van der Waals surface area (Å²) in [7, 11) is 0. The Bertz CT molecular complexity index is 1710. The molecular formula is C37H45N7O3S. The highest BCUT2D eigenvalue weighted by atomic mass is 32.2. The molecule has 2 N–H and O–H groups in total. The summed E-state index contributed by atoms with van der Waals surface area (Å²) in [6.07, 6.45) is 11.3. The number of aromatic nitrogens is 4. The Labute approximate surface area is 287 Å². The van der Waals surface area contributed by atoms with Crippen molar-refractivity contribution in [3.05, 3.63) is 78.0 Å². The molecule has 10 nitrogen and oxygen atoms in total. The normalized spacial score (nSPS) is 19.5. The third-order valence-corrected chi connectivity index (χ3v) is 10.5. The van der Waals surface area contributed by atoms with Gasteiger partial charge in [0, 0.05) is 42.8 Å². The fourth-order valence-corrected chi connectivity index (χ4v) is 7.92. The molecule has 2 aliphatic heterocycles. The number of pyridine rings is 2. The highest BCUT2D eigenvalue weighted by molar-refractivity contribution is 7.98. The summed E-state index contributed by atoms with van der Waals surface area (Å²) in [6, 6.07) is 19.5. The molecule has 1 aliphatic carbocycles. The van der Waals surface area contributed by atoms with E-state index in [-0.39, 0.29) is 11.4 Å². The molecule has 11 heteroatoms. The van der Waals surface area contributed by atoms with E-state index in [1.165, 1.54) is 25.7 Å². The number of carbonyl (C=O) groups excluding carboxylic acids is 1. The molecule has 1 aromatic carbocycles. The van der Waals surface area contributed by atoms with Gasteiger partial charge >= 0.3 is 0 Å². The molecule has 3 aliphatic rings. The van der Waals surface area contributed by atoms with Gasteiger partial charge in [-0.05, 0) is 81.2 Å². The molecule has 4 aromatic rings. The summed E-state index contributed by atoms with van der Waals surface area (Å²) in [5.41, 5.74) is 1.39. The Hall–Kier alpha value is -4.25. The van der Waals surface area contributed by atoms with Crippen molar-refractivity contribution in [1.29, 1.82) is 0 Å². The molecule has 4 bridgehead atoms. The summed E-state index contributed by atoms with van der Waals surface area (Å²) in [5, 5.41) is 8.75. The van der Waals surface area contributed by atoms with Gasteiger partial charge in [-0.15, -0.1) is 5.10 Å². The molecule has 2 fully saturated rings. The highest BCUT2D eigenvalue weighted by Gasteiger charge is 2.40. The van der Waals surface area contributed by atoms with E-state index in [1.807, 2.05) is 66.9 Å². The van der Waals surface area contributed by atoms with Crippen LogP contribution in [0.1, 0.15) is 81.1 Å². The van der Waals surface area contributed by atoms with E-state index in [2.05, 4.69) is 33.9 Å². The lowest BCUT2D eigenvalue weighted by molar-refractivity contribution is 0.0984. The first-order valence-corrected chi connectivity index (χ1v) is 18.1. The zero-order chi connectivity index (χ0) is 32.9. The number of amides is 1. The number of nitrogens with one attached hydrogen (secondary N) is 2. The zero-order valence-corrected chi connectivity index (χ0v) is 28.7. The number of hydrogen-bond donors (Lipinski definition) is 2. The lowest BCUT2D eigenvalue weighted by Gasteiger charge is -2.34. The standard InChI is InChI=1S/C37H45N7O3S/c1-37(2)23-28-13-8-20-38-31-16-15-30(47-25-27-11-4-3-5-12-27)36(39-31)48-42-35(45)29-14-17-32(40-34(29)43(37)24-28)44-21-18-33(41-44)46-22-19-26-9-6-7-10-26/h3-5,11-12,14-18,21,26,28H,6-10,13,19-20,22-25H2,1-2H3,(H,38,39)(H,42,45)/t28-/m0/s1. The topological polar surface area (TPSA) is 106 Å². The molecule has 48 heavy (non-hydrogen) atoms. The SMILES string of the molecule is CC1(C)C[C@@H]2CCCNc3ccc(OCc4ccccc4)c(n3)SNC(=O)c3ccc(-n4ccc(OCCC5CCCC5)n4)nc3N1C2. The molecule has 7 rings (SSSR count). The highest BCUT2D eigenvalue weighted by Crippen LogP contribution is 2.40. The maximum absolute atomic E-state index is 14.0. The average molecular weight is 668 g/mol. The van der Waals surface area contributed by atoms with Gasteiger partial charge in [0.1, 0.15) is 18.2 Å². The predicted molar refractivity (Wildman–Crippen MR) is 189 cm³/mol. The van der Waals surface area contributed by atoms with E-state index in [9.17, 15) is 4.79 Å². The van der Waals surface area contributed by atoms with E-state index >= 15 is 0 Å². The number of anilines is 2. The van der Waals surface area contributed by atoms with Crippen LogP contribution in [0.3, 0.4) is 0 Å². The first-order chi connectivity index (χ1) is 23.4. The van der Waals surface area contributed by atoms with Gasteiger partial charge < -0.3 is 19.7 Å². The second-order valence-electron chi connectivity index (χ2n) is 13.8. The number of fused-ring (bicyclic) bond motifs is 6. The number of rotatable bonds is 8. The molecule has 1 saturated carbocycles. The predicted octanol–water partition coefficient (Wildman–Crippen LogP) is 7.45. The van der Waals surface area contributed by atoms with Crippen LogP contribution < -0.4 is 24.4 Å². The van der Waals surface area contributed by atoms with Crippen LogP contribution in [0.25, 0.3) is 5.82 Å². The molecule has 0 radical (unpaired) electrons. The van der Waals surface area contributed by atoms with Crippen LogP contribution in [0.5, 0.6) is 11.6 Å². The second-order valence-corrected chi connectivity index (χ2v) is 14.6. The monoisotopic (exact) mass is 667 g/mol. The summed E-state index contributed by atoms with van der Waals surface area (Å²) in [5.74, 6) is 4.27. The van der Waals surface area contributed by atoms with Crippen molar-refractivity contribution in [1.82, 2.24) is 24.5 Å². The number of hydrogen-bond acceptors (Lipinski definition) is 9. The van der Waals surface area contributed by atoms with Crippen LogP contribution in [-0.2, 0) is 6.61 Å². The Kier molecular flexibility index (Phi) is 9.74. The third kappa shape index (κ3) is 7.56. The van der Waals surface area contributed by atoms with Gasteiger partial charge in [-0.1, -0.05) is 56.0 Å². The molecule has 3 aromatic heterocycles. The fraction of sp³-hybridized carbons (Fsp3) is 0.459. The van der Waals surface area contributed by atoms with E-state index < -0.39 is 0 Å². The van der Waals surface area contributed by atoms with E-state index in [1.54, 1.807) is 4.68 Å². The van der Waals surface area contributed by atoms with Gasteiger partial charge in [-0.25, -0.2) is 14.6 Å². The number of ether oxygens (including phenoxy) is 2. The Morgan fingerprint density at radius 3 is 2.67 bits per heavy atom. The van der Waals surface area contributed by atoms with Crippen molar-refractivity contribution in [2.45, 2.75) is 82.4 Å². The van der Waals surface area contributed by atoms with E-state index in [0.717, 1.165) is 68.0 Å². The maximum atomic E-state index is 14.0. The van der Waals surface area contributed by atoms with Crippen molar-refractivity contribution in [2.75, 3.05) is 29.9 Å². The van der Waals surface area contributed by atoms with Crippen molar-refractivity contribution in [2.24, 2.45) is 11.8 Å². The van der Waals surface area contributed by atoms with Crippen LogP contribution in [0, 0.1) is 11.8 Å². The third-order valence-electron chi connectivity index (χ3n) is 9.77. The molecule has 1 atom stereocenters. The summed E-state index contributed by atoms with van der Waals surface area (Å²) >= 11 is 1.16. The Balaban J connectivity index is 1.14. The Morgan fingerprint density at radius 2 is 1.81 bits per heavy atom. The summed E-state index contributed by atoms with van der Waals surface area (Å²) in [6.45, 7) is 7.21. The van der Waals surface area contributed by atoms with Gasteiger partial charge in [-0.3, -0.25) is 9.52 Å². The fourth-order valence-electron chi connectivity index (χ4n) is 7.24. The molecular weight excluding hydrogens is 623 g/mol. The Morgan fingerprint density at radius 1 is 0.958 bits per heavy atom. The van der Waals surface area contributed by atoms with Gasteiger partial charge in [-0.2, -0.15) is 0 Å². The van der Waals surface area contributed by atoms with Crippen LogP contribution in [0.4, 0.5) is 11.6 Å². The smallest absolute Gasteiger partial charge is 0.265 e. The van der Waals surface area contributed by atoms with Crippen molar-refractivity contribution < 1.29 is 14.3 Å². The van der Waals surface area contributed by atoms with Crippen molar-refractivity contribution >= 4 is 29.5 Å². The molecule has 1 amide bonds. The largest absolute Gasteiger partial charge is 0.486 e. The van der Waals surface area contributed by atoms with E-state index in [0.29, 0.717) is 53.0 Å². The molecule has 0 unspecified atom stereocenters. The minimum absolute atomic E-state index is 0.175.